The topological polar surface area (TPSA) is 146 Å². The highest BCUT2D eigenvalue weighted by Gasteiger charge is 2.50. The number of carbonyl (C=O) groups is 2. The number of methoxy groups -OCH3 is 2. The van der Waals surface area contributed by atoms with Gasteiger partial charge >= 0.3 is 0 Å². The maximum absolute atomic E-state index is 14.4. The van der Waals surface area contributed by atoms with Gasteiger partial charge in [-0.1, -0.05) is 30.3 Å². The van der Waals surface area contributed by atoms with Gasteiger partial charge in [0.25, 0.3) is 5.91 Å². The average Bonchev–Trinajstić information content (AvgIpc) is 3.82. The molecule has 0 bridgehead atoms. The van der Waals surface area contributed by atoms with Gasteiger partial charge in [0.2, 0.25) is 5.91 Å². The number of aromatic nitrogens is 1. The molecular weight excluding hydrogens is 659 g/mol. The Morgan fingerprint density at radius 2 is 1.85 bits per heavy atom. The second kappa shape index (κ2) is 14.5. The van der Waals surface area contributed by atoms with E-state index in [1.165, 1.54) is 36.8 Å². The van der Waals surface area contributed by atoms with Gasteiger partial charge < -0.3 is 23.5 Å². The molecule has 2 atom stereocenters. The number of carbonyl (C=O) groups excluding carboxylic acids is 2. The zero-order valence-electron chi connectivity index (χ0n) is 26.7. The van der Waals surface area contributed by atoms with Crippen molar-refractivity contribution in [1.29, 1.82) is 0 Å². The summed E-state index contributed by atoms with van der Waals surface area (Å²) in [5.41, 5.74) is 4.43. The highest BCUT2D eigenvalue weighted by molar-refractivity contribution is 7.92. The normalized spacial score (nSPS) is 20.9. The van der Waals surface area contributed by atoms with Crippen LogP contribution >= 0.6 is 11.3 Å². The molecule has 2 unspecified atom stereocenters. The van der Waals surface area contributed by atoms with Crippen LogP contribution in [0.25, 0.3) is 21.8 Å². The molecule has 48 heavy (non-hydrogen) atoms. The lowest BCUT2D eigenvalue weighted by molar-refractivity contribution is -0.200. The van der Waals surface area contributed by atoms with Crippen LogP contribution in [0.2, 0.25) is 0 Å². The van der Waals surface area contributed by atoms with Gasteiger partial charge in [0.05, 0.1) is 38.2 Å². The molecule has 2 amide bonds. The molecule has 254 valence electrons. The fraction of sp³-hybridized carbons (Fsp3) is 0.382. The first-order valence-corrected chi connectivity index (χ1v) is 18.1. The van der Waals surface area contributed by atoms with Crippen LogP contribution < -0.4 is 15.0 Å². The molecule has 6 rings (SSSR count). The lowest BCUT2D eigenvalue weighted by Gasteiger charge is -2.31. The van der Waals surface area contributed by atoms with Crippen molar-refractivity contribution >= 4 is 33.0 Å². The summed E-state index contributed by atoms with van der Waals surface area (Å²) in [7, 11) is -1.07. The van der Waals surface area contributed by atoms with Gasteiger partial charge in [0, 0.05) is 41.4 Å². The smallest absolute Gasteiger partial charge is 0.257 e. The molecular formula is C34H37N3O9S2. The lowest BCUT2D eigenvalue weighted by atomic mass is 9.97. The van der Waals surface area contributed by atoms with Crippen LogP contribution in [-0.4, -0.2) is 76.1 Å². The summed E-state index contributed by atoms with van der Waals surface area (Å²) < 4.78 is 49.0. The van der Waals surface area contributed by atoms with E-state index in [1.807, 2.05) is 30.3 Å². The van der Waals surface area contributed by atoms with Crippen molar-refractivity contribution in [2.75, 3.05) is 39.7 Å². The quantitative estimate of drug-likeness (QED) is 0.220. The molecule has 1 N–H and O–H groups in total. The number of nitrogens with zero attached hydrogens (tertiary/aromatic N) is 2. The molecule has 0 spiro atoms. The van der Waals surface area contributed by atoms with Crippen molar-refractivity contribution in [3.05, 3.63) is 77.6 Å². The molecule has 0 saturated carbocycles. The Labute approximate surface area is 282 Å². The van der Waals surface area contributed by atoms with E-state index in [4.69, 9.17) is 23.5 Å². The number of benzene rings is 2. The number of rotatable bonds is 10. The number of hydrogen-bond acceptors (Lipinski definition) is 11. The molecule has 2 aromatic heterocycles. The Hall–Kier alpha value is -4.24. The number of amides is 2. The summed E-state index contributed by atoms with van der Waals surface area (Å²) in [5, 5.41) is 0. The Kier molecular flexibility index (Phi) is 10.2. The fourth-order valence-electron chi connectivity index (χ4n) is 6.13. The lowest BCUT2D eigenvalue weighted by Crippen LogP contribution is -2.43. The predicted octanol–water partition coefficient (Wildman–Crippen LogP) is 5.21. The van der Waals surface area contributed by atoms with E-state index in [2.05, 4.69) is 10.5 Å². The number of ether oxygens (including phenoxy) is 3. The molecule has 0 radical (unpaired) electrons. The zero-order chi connectivity index (χ0) is 33.7. The third kappa shape index (κ3) is 6.83. The number of oxazole rings is 1. The minimum Gasteiger partial charge on any atom is -0.493 e. The van der Waals surface area contributed by atoms with Gasteiger partial charge in [0.15, 0.2) is 39.8 Å². The summed E-state index contributed by atoms with van der Waals surface area (Å²) in [6.07, 6.45) is 4.44. The maximum Gasteiger partial charge on any atom is 0.257 e. The van der Waals surface area contributed by atoms with Crippen LogP contribution in [-0.2, 0) is 29.0 Å². The number of sulfone groups is 1. The molecule has 2 aliphatic rings. The fourth-order valence-corrected chi connectivity index (χ4v) is 9.73. The standard InChI is InChI=1S/C34H37N3O9S2/c1-42-26-7-5-6-25(32(26)43-2)33(39)37-16-15-34(48(40,41)19-17-37,20-30(38)36-46-31-8-3-4-18-44-31)29-14-13-28(47-29)24-11-9-23(10-12-24)27-21-35-22-45-27/h5-7,9-14,21-22,31H,3-4,8,15-20H2,1-2H3,(H,36,38). The van der Waals surface area contributed by atoms with E-state index < -0.39 is 39.1 Å². The van der Waals surface area contributed by atoms with Crippen LogP contribution in [0.5, 0.6) is 11.5 Å². The molecule has 2 aliphatic heterocycles. The van der Waals surface area contributed by atoms with E-state index in [-0.39, 0.29) is 36.6 Å². The van der Waals surface area contributed by atoms with Crippen LogP contribution in [0.1, 0.15) is 47.3 Å². The number of nitrogens with one attached hydrogen (secondary N) is 1. The van der Waals surface area contributed by atoms with Gasteiger partial charge in [-0.25, -0.2) is 23.7 Å². The molecule has 2 saturated heterocycles. The predicted molar refractivity (Wildman–Crippen MR) is 178 cm³/mol. The molecule has 2 aromatic carbocycles. The van der Waals surface area contributed by atoms with E-state index in [0.717, 1.165) is 28.8 Å². The van der Waals surface area contributed by atoms with Crippen molar-refractivity contribution in [3.63, 3.8) is 0 Å². The number of hydroxylamine groups is 1. The first-order valence-electron chi connectivity index (χ1n) is 15.6. The Balaban J connectivity index is 1.31. The van der Waals surface area contributed by atoms with Crippen molar-refractivity contribution < 1.29 is 41.5 Å². The maximum atomic E-state index is 14.4. The van der Waals surface area contributed by atoms with Gasteiger partial charge in [-0.3, -0.25) is 9.59 Å². The van der Waals surface area contributed by atoms with Crippen LogP contribution in [0, 0.1) is 0 Å². The minimum absolute atomic E-state index is 0.00884. The summed E-state index contributed by atoms with van der Waals surface area (Å²) in [6.45, 7) is 0.550. The monoisotopic (exact) mass is 695 g/mol. The number of hydrogen-bond donors (Lipinski definition) is 1. The minimum atomic E-state index is -4.00. The number of thiophene rings is 1. The summed E-state index contributed by atoms with van der Waals surface area (Å²) in [6, 6.07) is 16.3. The van der Waals surface area contributed by atoms with Gasteiger partial charge in [-0.05, 0) is 49.1 Å². The highest BCUT2D eigenvalue weighted by Crippen LogP contribution is 2.46. The van der Waals surface area contributed by atoms with Gasteiger partial charge in [-0.2, -0.15) is 0 Å². The van der Waals surface area contributed by atoms with E-state index >= 15 is 0 Å². The highest BCUT2D eigenvalue weighted by atomic mass is 32.2. The Bertz CT molecular complexity index is 1840. The van der Waals surface area contributed by atoms with Crippen molar-refractivity contribution in [3.8, 4) is 33.3 Å². The summed E-state index contributed by atoms with van der Waals surface area (Å²) >= 11 is 1.31. The molecule has 14 heteroatoms. The second-order valence-corrected chi connectivity index (χ2v) is 15.1. The van der Waals surface area contributed by atoms with Crippen LogP contribution in [0.15, 0.2) is 71.6 Å². The van der Waals surface area contributed by atoms with Gasteiger partial charge in [0.1, 0.15) is 4.75 Å². The molecule has 0 aliphatic carbocycles. The Morgan fingerprint density at radius 3 is 2.56 bits per heavy atom. The first-order chi connectivity index (χ1) is 23.2. The molecule has 2 fully saturated rings. The average molecular weight is 696 g/mol. The largest absolute Gasteiger partial charge is 0.493 e. The van der Waals surface area contributed by atoms with Crippen LogP contribution in [0.3, 0.4) is 0 Å². The number of para-hydroxylation sites is 1. The van der Waals surface area contributed by atoms with Crippen molar-refractivity contribution in [2.45, 2.75) is 43.1 Å². The summed E-state index contributed by atoms with van der Waals surface area (Å²) in [4.78, 5) is 39.6. The first kappa shape index (κ1) is 33.7. The van der Waals surface area contributed by atoms with Crippen molar-refractivity contribution in [1.82, 2.24) is 15.4 Å². The second-order valence-electron chi connectivity index (χ2n) is 11.6. The van der Waals surface area contributed by atoms with Gasteiger partial charge in [-0.15, -0.1) is 11.3 Å². The summed E-state index contributed by atoms with van der Waals surface area (Å²) in [5.74, 6) is -0.0365. The third-order valence-electron chi connectivity index (χ3n) is 8.76. The Morgan fingerprint density at radius 1 is 1.04 bits per heavy atom. The van der Waals surface area contributed by atoms with E-state index in [1.54, 1.807) is 30.5 Å². The van der Waals surface area contributed by atoms with Crippen LogP contribution in [0.4, 0.5) is 0 Å². The SMILES string of the molecule is COc1cccc(C(=O)N2CCC(CC(=O)NOC3CCCCO3)(c3ccc(-c4ccc(-c5cnco5)cc4)s3)S(=O)(=O)CC2)c1OC. The molecule has 12 nitrogen and oxygen atoms in total. The molecule has 4 aromatic rings. The molecule has 4 heterocycles. The van der Waals surface area contributed by atoms with E-state index in [9.17, 15) is 18.0 Å². The third-order valence-corrected chi connectivity index (χ3v) is 12.7. The van der Waals surface area contributed by atoms with E-state index in [0.29, 0.717) is 29.4 Å². The zero-order valence-corrected chi connectivity index (χ0v) is 28.3. The van der Waals surface area contributed by atoms with Crippen molar-refractivity contribution in [2.24, 2.45) is 0 Å².